The van der Waals surface area contributed by atoms with Gasteiger partial charge in [-0.05, 0) is 49.8 Å². The van der Waals surface area contributed by atoms with Crippen LogP contribution in [0, 0.1) is 6.92 Å². The summed E-state index contributed by atoms with van der Waals surface area (Å²) in [7, 11) is 1.90. The predicted molar refractivity (Wildman–Crippen MR) is 137 cm³/mol. The number of H-pyrrole nitrogens is 2. The monoisotopic (exact) mass is 452 g/mol. The Bertz CT molecular complexity index is 1540. The second-order valence-electron chi connectivity index (χ2n) is 8.05. The molecule has 0 radical (unpaired) electrons. The van der Waals surface area contributed by atoms with Gasteiger partial charge in [-0.2, -0.15) is 10.2 Å². The first-order valence-corrected chi connectivity index (χ1v) is 11.4. The minimum Gasteiger partial charge on any atom is -0.357 e. The van der Waals surface area contributed by atoms with Crippen LogP contribution < -0.4 is 0 Å². The number of aromatic amines is 2. The molecule has 0 aromatic carbocycles. The van der Waals surface area contributed by atoms with E-state index < -0.39 is 0 Å². The Kier molecular flexibility index (Phi) is 5.18. The molecule has 33 heavy (non-hydrogen) atoms. The Balaban J connectivity index is 1.59. The number of fused-ring (bicyclic) bond motifs is 1. The highest BCUT2D eigenvalue weighted by atomic mass is 32.1. The second kappa shape index (κ2) is 8.18. The Morgan fingerprint density at radius 1 is 1.18 bits per heavy atom. The van der Waals surface area contributed by atoms with E-state index in [-0.39, 0.29) is 0 Å². The van der Waals surface area contributed by atoms with Crippen molar-refractivity contribution in [3.05, 3.63) is 89.0 Å². The first-order chi connectivity index (χ1) is 15.9. The zero-order chi connectivity index (χ0) is 23.1. The van der Waals surface area contributed by atoms with Crippen LogP contribution in [0.25, 0.3) is 44.8 Å². The molecule has 5 heterocycles. The lowest BCUT2D eigenvalue weighted by Crippen LogP contribution is -1.86. The number of pyridine rings is 1. The zero-order valence-corrected chi connectivity index (χ0v) is 19.6. The van der Waals surface area contributed by atoms with E-state index in [2.05, 4.69) is 64.6 Å². The molecule has 0 aliphatic heterocycles. The van der Waals surface area contributed by atoms with Gasteiger partial charge in [0.05, 0.1) is 23.1 Å². The molecule has 164 valence electrons. The lowest BCUT2D eigenvalue weighted by Gasteiger charge is -2.04. The van der Waals surface area contributed by atoms with E-state index in [9.17, 15) is 0 Å². The van der Waals surface area contributed by atoms with Gasteiger partial charge in [0, 0.05) is 45.4 Å². The minimum absolute atomic E-state index is 0.789. The zero-order valence-electron chi connectivity index (χ0n) is 18.8. The normalized spacial score (nSPS) is 11.9. The SMILES string of the molecule is C=C/C=C(/c1ccc(C(=C)C)s1)c1cc(-c2n[nH]c3ccc(-c4cnn(C)c4)nc23)[nH]c1C. The molecule has 0 bridgehead atoms. The van der Waals surface area contributed by atoms with Gasteiger partial charge in [-0.1, -0.05) is 25.3 Å². The van der Waals surface area contributed by atoms with Gasteiger partial charge in [0.25, 0.3) is 0 Å². The van der Waals surface area contributed by atoms with Gasteiger partial charge in [-0.25, -0.2) is 4.98 Å². The summed E-state index contributed by atoms with van der Waals surface area (Å²) in [6.07, 6.45) is 7.65. The fraction of sp³-hybridized carbons (Fsp3) is 0.115. The number of aromatic nitrogens is 6. The number of nitrogens with one attached hydrogen (secondary N) is 2. The Morgan fingerprint density at radius 3 is 2.70 bits per heavy atom. The average molecular weight is 453 g/mol. The molecule has 5 aromatic rings. The predicted octanol–water partition coefficient (Wildman–Crippen LogP) is 6.37. The first kappa shape index (κ1) is 20.9. The number of hydrogen-bond donors (Lipinski definition) is 2. The third kappa shape index (κ3) is 3.76. The van der Waals surface area contributed by atoms with Crippen LogP contribution in [0.5, 0.6) is 0 Å². The van der Waals surface area contributed by atoms with Crippen LogP contribution in [0.3, 0.4) is 0 Å². The lowest BCUT2D eigenvalue weighted by atomic mass is 10.0. The molecule has 0 aliphatic rings. The highest BCUT2D eigenvalue weighted by Gasteiger charge is 2.18. The smallest absolute Gasteiger partial charge is 0.135 e. The maximum absolute atomic E-state index is 4.89. The summed E-state index contributed by atoms with van der Waals surface area (Å²) < 4.78 is 1.77. The molecule has 5 rings (SSSR count). The highest BCUT2D eigenvalue weighted by Crippen LogP contribution is 2.36. The summed E-state index contributed by atoms with van der Waals surface area (Å²) in [5, 5.41) is 11.9. The second-order valence-corrected chi connectivity index (χ2v) is 9.13. The van der Waals surface area contributed by atoms with Crippen molar-refractivity contribution >= 4 is 33.5 Å². The average Bonchev–Trinajstić information content (AvgIpc) is 3.58. The van der Waals surface area contributed by atoms with Crippen LogP contribution >= 0.6 is 11.3 Å². The van der Waals surface area contributed by atoms with E-state index in [4.69, 9.17) is 4.98 Å². The van der Waals surface area contributed by atoms with Gasteiger partial charge < -0.3 is 4.98 Å². The Labute approximate surface area is 196 Å². The Hall–Kier alpha value is -3.97. The van der Waals surface area contributed by atoms with Crippen molar-refractivity contribution in [3.8, 4) is 22.6 Å². The summed E-state index contributed by atoms with van der Waals surface area (Å²) in [5.41, 5.74) is 9.59. The van der Waals surface area contributed by atoms with E-state index >= 15 is 0 Å². The molecule has 2 N–H and O–H groups in total. The molecule has 0 fully saturated rings. The van der Waals surface area contributed by atoms with Gasteiger partial charge in [0.2, 0.25) is 0 Å². The fourth-order valence-corrected chi connectivity index (χ4v) is 4.87. The summed E-state index contributed by atoms with van der Waals surface area (Å²) in [5.74, 6) is 0. The van der Waals surface area contributed by atoms with Crippen LogP contribution in [0.2, 0.25) is 0 Å². The van der Waals surface area contributed by atoms with Crippen molar-refractivity contribution in [3.63, 3.8) is 0 Å². The third-order valence-electron chi connectivity index (χ3n) is 5.55. The first-order valence-electron chi connectivity index (χ1n) is 10.6. The fourth-order valence-electron chi connectivity index (χ4n) is 3.90. The molecular weight excluding hydrogens is 428 g/mol. The van der Waals surface area contributed by atoms with Gasteiger partial charge >= 0.3 is 0 Å². The maximum Gasteiger partial charge on any atom is 0.135 e. The van der Waals surface area contributed by atoms with Gasteiger partial charge in [-0.3, -0.25) is 9.78 Å². The van der Waals surface area contributed by atoms with E-state index in [1.54, 1.807) is 16.0 Å². The standard InChI is InChI=1S/C26H24N6S/c1-6-7-18(24-11-10-23(33-24)15(2)3)19-12-22(28-16(19)4)26-25-21(30-31-26)9-8-20(29-25)17-13-27-32(5)14-17/h6-14,28H,1-2H2,3-5H3,(H,30,31)/b18-7+. The molecule has 0 aliphatic carbocycles. The van der Waals surface area contributed by atoms with Crippen molar-refractivity contribution < 1.29 is 0 Å². The van der Waals surface area contributed by atoms with Gasteiger partial charge in [0.1, 0.15) is 11.2 Å². The third-order valence-corrected chi connectivity index (χ3v) is 6.83. The van der Waals surface area contributed by atoms with Crippen LogP contribution in [-0.4, -0.2) is 29.9 Å². The molecule has 0 saturated heterocycles. The number of nitrogens with zero attached hydrogens (tertiary/aromatic N) is 4. The molecule has 7 heteroatoms. The van der Waals surface area contributed by atoms with Crippen molar-refractivity contribution in [1.29, 1.82) is 0 Å². The van der Waals surface area contributed by atoms with Crippen LogP contribution in [-0.2, 0) is 7.05 Å². The topological polar surface area (TPSA) is 75.2 Å². The number of hydrogen-bond acceptors (Lipinski definition) is 4. The van der Waals surface area contributed by atoms with Gasteiger partial charge in [-0.15, -0.1) is 11.3 Å². The summed E-state index contributed by atoms with van der Waals surface area (Å²) >= 11 is 1.73. The summed E-state index contributed by atoms with van der Waals surface area (Å²) in [4.78, 5) is 10.8. The molecule has 0 atom stereocenters. The minimum atomic E-state index is 0.789. The largest absolute Gasteiger partial charge is 0.357 e. The van der Waals surface area contributed by atoms with Crippen molar-refractivity contribution in [2.24, 2.45) is 7.05 Å². The van der Waals surface area contributed by atoms with Gasteiger partial charge in [0.15, 0.2) is 0 Å². The van der Waals surface area contributed by atoms with Crippen molar-refractivity contribution in [2.75, 3.05) is 0 Å². The number of allylic oxidation sites excluding steroid dienone is 3. The van der Waals surface area contributed by atoms with E-state index in [1.165, 1.54) is 9.75 Å². The number of aryl methyl sites for hydroxylation is 2. The van der Waals surface area contributed by atoms with Crippen molar-refractivity contribution in [2.45, 2.75) is 13.8 Å². The molecule has 6 nitrogen and oxygen atoms in total. The van der Waals surface area contributed by atoms with Crippen LogP contribution in [0.15, 0.2) is 68.0 Å². The molecule has 0 saturated carbocycles. The quantitative estimate of drug-likeness (QED) is 0.294. The summed E-state index contributed by atoms with van der Waals surface area (Å²) in [6, 6.07) is 10.4. The van der Waals surface area contributed by atoms with E-state index in [1.807, 2.05) is 44.6 Å². The van der Waals surface area contributed by atoms with Crippen LogP contribution in [0.4, 0.5) is 0 Å². The lowest BCUT2D eigenvalue weighted by molar-refractivity contribution is 0.768. The highest BCUT2D eigenvalue weighted by molar-refractivity contribution is 7.14. The number of rotatable bonds is 6. The summed E-state index contributed by atoms with van der Waals surface area (Å²) in [6.45, 7) is 12.1. The Morgan fingerprint density at radius 2 is 2.00 bits per heavy atom. The molecule has 0 amide bonds. The molecule has 5 aromatic heterocycles. The van der Waals surface area contributed by atoms with E-state index in [0.29, 0.717) is 0 Å². The maximum atomic E-state index is 4.89. The molecular formula is C26H24N6S. The van der Waals surface area contributed by atoms with E-state index in [0.717, 1.165) is 56.1 Å². The molecule has 0 spiro atoms. The molecule has 0 unspecified atom stereocenters. The number of thiophene rings is 1. The van der Waals surface area contributed by atoms with Crippen LogP contribution in [0.1, 0.15) is 27.9 Å². The van der Waals surface area contributed by atoms with Crippen molar-refractivity contribution in [1.82, 2.24) is 29.9 Å².